The minimum Gasteiger partial charge on any atom is -0.319 e. The van der Waals surface area contributed by atoms with Gasteiger partial charge in [0.2, 0.25) is 0 Å². The Kier molecular flexibility index (Phi) is 4.82. The van der Waals surface area contributed by atoms with E-state index in [0.29, 0.717) is 11.0 Å². The van der Waals surface area contributed by atoms with E-state index in [1.54, 1.807) is 0 Å². The number of nitrogens with zero attached hydrogens (tertiary/aromatic N) is 1. The molecule has 2 aromatic rings. The van der Waals surface area contributed by atoms with Crippen LogP contribution in [0.1, 0.15) is 25.1 Å². The van der Waals surface area contributed by atoms with Crippen molar-refractivity contribution in [3.8, 4) is 0 Å². The van der Waals surface area contributed by atoms with Crippen molar-refractivity contribution in [2.75, 3.05) is 6.67 Å². The molecule has 0 radical (unpaired) electrons. The van der Waals surface area contributed by atoms with Gasteiger partial charge in [-0.25, -0.2) is 4.98 Å². The first kappa shape index (κ1) is 13.4. The van der Waals surface area contributed by atoms with Crippen LogP contribution in [0.3, 0.4) is 0 Å². The summed E-state index contributed by atoms with van der Waals surface area (Å²) in [4.78, 5) is 18.3. The second kappa shape index (κ2) is 6.13. The molecule has 2 rings (SSSR count). The Morgan fingerprint density at radius 1 is 1.35 bits per heavy atom. The largest absolute Gasteiger partial charge is 0.319 e. The van der Waals surface area contributed by atoms with Crippen molar-refractivity contribution in [2.45, 2.75) is 27.2 Å². The van der Waals surface area contributed by atoms with Gasteiger partial charge in [0.1, 0.15) is 5.69 Å². The van der Waals surface area contributed by atoms with Crippen LogP contribution in [0.2, 0.25) is 0 Å². The minimum absolute atomic E-state index is 0.0686. The highest BCUT2D eigenvalue weighted by molar-refractivity contribution is 5.74. The van der Waals surface area contributed by atoms with E-state index in [0.717, 1.165) is 5.56 Å². The average molecular weight is 236 g/mol. The van der Waals surface area contributed by atoms with E-state index < -0.39 is 6.67 Å². The van der Waals surface area contributed by atoms with Gasteiger partial charge in [-0.15, -0.1) is 0 Å². The Morgan fingerprint density at radius 2 is 2.06 bits per heavy atom. The van der Waals surface area contributed by atoms with Crippen LogP contribution in [0.15, 0.2) is 23.0 Å². The summed E-state index contributed by atoms with van der Waals surface area (Å²) in [6, 6.07) is 5.58. The lowest BCUT2D eigenvalue weighted by molar-refractivity contribution is 0.491. The van der Waals surface area contributed by atoms with Crippen molar-refractivity contribution in [2.24, 2.45) is 0 Å². The van der Waals surface area contributed by atoms with Gasteiger partial charge in [0.15, 0.2) is 0 Å². The Bertz CT molecular complexity index is 549. The first-order valence-electron chi connectivity index (χ1n) is 5.76. The lowest BCUT2D eigenvalue weighted by Crippen LogP contribution is -2.15. The van der Waals surface area contributed by atoms with Gasteiger partial charge in [-0.05, 0) is 24.6 Å². The molecular formula is C13H17FN2O. The van der Waals surface area contributed by atoms with Crippen LogP contribution in [0.25, 0.3) is 11.0 Å². The molecule has 0 aliphatic carbocycles. The van der Waals surface area contributed by atoms with E-state index in [1.807, 2.05) is 39.0 Å². The lowest BCUT2D eigenvalue weighted by atomic mass is 10.2. The molecule has 17 heavy (non-hydrogen) atoms. The zero-order valence-electron chi connectivity index (χ0n) is 10.4. The van der Waals surface area contributed by atoms with E-state index in [4.69, 9.17) is 0 Å². The number of hydrogen-bond acceptors (Lipinski definition) is 2. The molecule has 0 unspecified atom stereocenters. The predicted octanol–water partition coefficient (Wildman–Crippen LogP) is 2.77. The van der Waals surface area contributed by atoms with Crippen LogP contribution < -0.4 is 5.56 Å². The van der Waals surface area contributed by atoms with Gasteiger partial charge in [0, 0.05) is 6.42 Å². The third-order valence-corrected chi connectivity index (χ3v) is 2.25. The zero-order valence-corrected chi connectivity index (χ0v) is 10.4. The van der Waals surface area contributed by atoms with Crippen LogP contribution in [-0.4, -0.2) is 16.6 Å². The molecule has 1 heterocycles. The first-order valence-corrected chi connectivity index (χ1v) is 5.76. The van der Waals surface area contributed by atoms with Crippen molar-refractivity contribution >= 4 is 11.0 Å². The number of aryl methyl sites for hydroxylation is 2. The smallest absolute Gasteiger partial charge is 0.270 e. The normalized spacial score (nSPS) is 9.88. The number of aromatic amines is 1. The van der Waals surface area contributed by atoms with Crippen molar-refractivity contribution in [3.63, 3.8) is 0 Å². The summed E-state index contributed by atoms with van der Waals surface area (Å²) >= 11 is 0. The first-order chi connectivity index (χ1) is 8.20. The molecule has 92 valence electrons. The Balaban J connectivity index is 0.000000686. The van der Waals surface area contributed by atoms with E-state index in [-0.39, 0.29) is 17.7 Å². The molecule has 0 fully saturated rings. The monoisotopic (exact) mass is 236 g/mol. The maximum Gasteiger partial charge on any atom is 0.270 e. The Morgan fingerprint density at radius 3 is 2.71 bits per heavy atom. The number of aromatic nitrogens is 2. The maximum atomic E-state index is 12.1. The van der Waals surface area contributed by atoms with Crippen LogP contribution in [0, 0.1) is 6.92 Å². The Labute approximate surface area is 99.7 Å². The SMILES string of the molecule is CC.Cc1ccc2nc(CCF)c(=O)[nH]c2c1. The molecule has 0 saturated carbocycles. The lowest BCUT2D eigenvalue weighted by Gasteiger charge is -2.01. The summed E-state index contributed by atoms with van der Waals surface area (Å²) in [5, 5.41) is 0. The summed E-state index contributed by atoms with van der Waals surface area (Å²) in [7, 11) is 0. The molecule has 1 aromatic carbocycles. The van der Waals surface area contributed by atoms with Crippen LogP contribution in [0.4, 0.5) is 4.39 Å². The molecule has 1 aromatic heterocycles. The van der Waals surface area contributed by atoms with Crippen LogP contribution in [0.5, 0.6) is 0 Å². The van der Waals surface area contributed by atoms with Crippen molar-refractivity contribution in [1.29, 1.82) is 0 Å². The number of nitrogens with one attached hydrogen (secondary N) is 1. The molecular weight excluding hydrogens is 219 g/mol. The number of hydrogen-bond donors (Lipinski definition) is 1. The highest BCUT2D eigenvalue weighted by Crippen LogP contribution is 2.09. The second-order valence-electron chi connectivity index (χ2n) is 3.47. The summed E-state index contributed by atoms with van der Waals surface area (Å²) in [6.07, 6.45) is 0.0686. The fourth-order valence-electron chi connectivity index (χ4n) is 1.50. The minimum atomic E-state index is -0.562. The number of halogens is 1. The van der Waals surface area contributed by atoms with E-state index in [1.165, 1.54) is 0 Å². The molecule has 0 aliphatic heterocycles. The predicted molar refractivity (Wildman–Crippen MR) is 68.1 cm³/mol. The molecule has 0 bridgehead atoms. The number of H-pyrrole nitrogens is 1. The summed E-state index contributed by atoms with van der Waals surface area (Å²) < 4.78 is 12.1. The topological polar surface area (TPSA) is 45.8 Å². The molecule has 0 atom stereocenters. The standard InChI is InChI=1S/C11H11FN2O.C2H6/c1-7-2-3-8-10(6-7)14-11(15)9(13-8)4-5-12;1-2/h2-3,6H,4-5H2,1H3,(H,14,15);1-2H3. The number of benzene rings is 1. The van der Waals surface area contributed by atoms with Crippen molar-refractivity contribution < 1.29 is 4.39 Å². The second-order valence-corrected chi connectivity index (χ2v) is 3.47. The molecule has 3 nitrogen and oxygen atoms in total. The third kappa shape index (κ3) is 3.12. The summed E-state index contributed by atoms with van der Waals surface area (Å²) in [5.41, 5.74) is 2.41. The number of alkyl halides is 1. The highest BCUT2D eigenvalue weighted by atomic mass is 19.1. The maximum absolute atomic E-state index is 12.1. The zero-order chi connectivity index (χ0) is 12.8. The van der Waals surface area contributed by atoms with Gasteiger partial charge in [0.25, 0.3) is 5.56 Å². The fourth-order valence-corrected chi connectivity index (χ4v) is 1.50. The van der Waals surface area contributed by atoms with E-state index in [2.05, 4.69) is 9.97 Å². The van der Waals surface area contributed by atoms with Gasteiger partial charge < -0.3 is 4.98 Å². The Hall–Kier alpha value is -1.71. The van der Waals surface area contributed by atoms with E-state index >= 15 is 0 Å². The van der Waals surface area contributed by atoms with Gasteiger partial charge >= 0.3 is 0 Å². The number of rotatable bonds is 2. The fraction of sp³-hybridized carbons (Fsp3) is 0.385. The molecule has 0 aliphatic rings. The van der Waals surface area contributed by atoms with Gasteiger partial charge in [-0.1, -0.05) is 19.9 Å². The van der Waals surface area contributed by atoms with Gasteiger partial charge in [-0.2, -0.15) is 0 Å². The molecule has 0 spiro atoms. The number of fused-ring (bicyclic) bond motifs is 1. The molecule has 4 heteroatoms. The van der Waals surface area contributed by atoms with Gasteiger partial charge in [-0.3, -0.25) is 9.18 Å². The van der Waals surface area contributed by atoms with Crippen LogP contribution in [-0.2, 0) is 6.42 Å². The third-order valence-electron chi connectivity index (χ3n) is 2.25. The molecule has 1 N–H and O–H groups in total. The van der Waals surface area contributed by atoms with Crippen LogP contribution >= 0.6 is 0 Å². The van der Waals surface area contributed by atoms with E-state index in [9.17, 15) is 9.18 Å². The summed E-state index contributed by atoms with van der Waals surface area (Å²) in [5.74, 6) is 0. The van der Waals surface area contributed by atoms with Crippen molar-refractivity contribution in [1.82, 2.24) is 9.97 Å². The highest BCUT2D eigenvalue weighted by Gasteiger charge is 2.04. The molecule has 0 saturated heterocycles. The molecule has 0 amide bonds. The quantitative estimate of drug-likeness (QED) is 0.871. The van der Waals surface area contributed by atoms with Crippen molar-refractivity contribution in [3.05, 3.63) is 39.8 Å². The van der Waals surface area contributed by atoms with Gasteiger partial charge in [0.05, 0.1) is 17.7 Å². The summed E-state index contributed by atoms with van der Waals surface area (Å²) in [6.45, 7) is 5.38. The average Bonchev–Trinajstić information content (AvgIpc) is 2.33.